The number of fused-ring (bicyclic) bond motifs is 12. The number of nitrogens with zero attached hydrogens (tertiary/aromatic N) is 1. The van der Waals surface area contributed by atoms with Gasteiger partial charge < -0.3 is 8.98 Å². The van der Waals surface area contributed by atoms with Gasteiger partial charge in [0.25, 0.3) is 0 Å². The molecule has 2 aromatic heterocycles. The van der Waals surface area contributed by atoms with Crippen LogP contribution in [-0.4, -0.2) is 4.57 Å². The van der Waals surface area contributed by atoms with Crippen molar-refractivity contribution in [2.24, 2.45) is 0 Å². The molecule has 0 unspecified atom stereocenters. The Kier molecular flexibility index (Phi) is 5.94. The van der Waals surface area contributed by atoms with Crippen LogP contribution in [0.3, 0.4) is 0 Å². The van der Waals surface area contributed by atoms with Gasteiger partial charge in [0, 0.05) is 27.4 Å². The van der Waals surface area contributed by atoms with Crippen molar-refractivity contribution in [3.63, 3.8) is 0 Å². The van der Waals surface area contributed by atoms with Crippen LogP contribution in [0.2, 0.25) is 0 Å². The first kappa shape index (κ1) is 27.8. The highest BCUT2D eigenvalue weighted by atomic mass is 16.3. The van der Waals surface area contributed by atoms with Crippen LogP contribution in [0, 0.1) is 0 Å². The number of allylic oxidation sites excluding steroid dienone is 2. The van der Waals surface area contributed by atoms with Crippen molar-refractivity contribution in [2.75, 3.05) is 0 Å². The molecule has 0 amide bonds. The molecule has 11 rings (SSSR count). The third-order valence-electron chi connectivity index (χ3n) is 11.1. The van der Waals surface area contributed by atoms with E-state index in [-0.39, 0.29) is 0 Å². The van der Waals surface area contributed by atoms with E-state index in [4.69, 9.17) is 4.42 Å². The second-order valence-electron chi connectivity index (χ2n) is 13.9. The maximum atomic E-state index is 6.17. The minimum atomic E-state index is 0.972. The highest BCUT2D eigenvalue weighted by Gasteiger charge is 2.19. The van der Waals surface area contributed by atoms with Crippen molar-refractivity contribution in [2.45, 2.75) is 25.7 Å². The number of aromatic nitrogens is 1. The normalized spacial score (nSPS) is 13.9. The molecule has 0 N–H and O–H groups in total. The highest BCUT2D eigenvalue weighted by molar-refractivity contribution is 6.14. The summed E-state index contributed by atoms with van der Waals surface area (Å²) in [5.74, 6) is 1.01. The molecule has 0 atom stereocenters. The van der Waals surface area contributed by atoms with E-state index < -0.39 is 0 Å². The minimum absolute atomic E-state index is 0.972. The van der Waals surface area contributed by atoms with Crippen molar-refractivity contribution < 1.29 is 4.42 Å². The Morgan fingerprint density at radius 3 is 2.00 bits per heavy atom. The summed E-state index contributed by atoms with van der Waals surface area (Å²) >= 11 is 0. The van der Waals surface area contributed by atoms with Gasteiger partial charge >= 0.3 is 0 Å². The predicted octanol–water partition coefficient (Wildman–Crippen LogP) is 13.1. The minimum Gasteiger partial charge on any atom is -0.456 e. The molecule has 2 heteroatoms. The SMILES string of the molecule is C1=Cc2oc3ccc(-c4ccc5c(c4)c4ccccc4n5-c4cccc(-c5ccc6c(c5)c5c(c7ccccc76)C=CCC5)c4)cc3c2CC1. The van der Waals surface area contributed by atoms with Gasteiger partial charge in [0.2, 0.25) is 0 Å². The molecule has 236 valence electrons. The summed E-state index contributed by atoms with van der Waals surface area (Å²) in [6.07, 6.45) is 13.3. The summed E-state index contributed by atoms with van der Waals surface area (Å²) in [4.78, 5) is 0. The van der Waals surface area contributed by atoms with Crippen LogP contribution >= 0.6 is 0 Å². The third kappa shape index (κ3) is 4.09. The van der Waals surface area contributed by atoms with Gasteiger partial charge in [-0.25, -0.2) is 0 Å². The average Bonchev–Trinajstić information content (AvgIpc) is 3.73. The molecule has 2 nitrogen and oxygen atoms in total. The van der Waals surface area contributed by atoms with Gasteiger partial charge in [-0.05, 0) is 135 Å². The maximum absolute atomic E-state index is 6.17. The van der Waals surface area contributed by atoms with Crippen LogP contribution in [0.15, 0.2) is 144 Å². The number of para-hydroxylation sites is 1. The number of furan rings is 1. The van der Waals surface area contributed by atoms with Crippen molar-refractivity contribution in [3.8, 4) is 27.9 Å². The van der Waals surface area contributed by atoms with Crippen molar-refractivity contribution >= 4 is 66.5 Å². The van der Waals surface area contributed by atoms with Crippen LogP contribution in [-0.2, 0) is 12.8 Å². The van der Waals surface area contributed by atoms with Crippen LogP contribution in [0.1, 0.15) is 35.3 Å². The van der Waals surface area contributed by atoms with E-state index in [1.54, 1.807) is 0 Å². The zero-order chi connectivity index (χ0) is 32.8. The standard InChI is InChI=1S/C48H33NO/c1-2-14-37-35(12-1)36-13-3-4-15-38(36)42-27-31(20-23-39(37)42)30-10-9-11-34(26-30)49-45-18-7-5-16-40(45)43-28-32(21-24-46(43)49)33-22-25-48-44(29-33)41-17-6-8-19-47(41)50-48/h1-3,5,7-14,16,18-29H,4,6,15,17H2. The largest absolute Gasteiger partial charge is 0.456 e. The molecule has 2 aliphatic rings. The average molecular weight is 640 g/mol. The Hall–Kier alpha value is -6.12. The second kappa shape index (κ2) is 10.7. The molecule has 7 aromatic carbocycles. The fourth-order valence-corrected chi connectivity index (χ4v) is 8.77. The lowest BCUT2D eigenvalue weighted by Gasteiger charge is -2.19. The van der Waals surface area contributed by atoms with Gasteiger partial charge in [0.05, 0.1) is 11.0 Å². The first-order chi connectivity index (χ1) is 24.8. The quantitative estimate of drug-likeness (QED) is 0.176. The van der Waals surface area contributed by atoms with E-state index in [1.807, 2.05) is 0 Å². The summed E-state index contributed by atoms with van der Waals surface area (Å²) in [6.45, 7) is 0. The molecule has 50 heavy (non-hydrogen) atoms. The number of aryl methyl sites for hydroxylation is 2. The summed E-state index contributed by atoms with van der Waals surface area (Å²) in [7, 11) is 0. The van der Waals surface area contributed by atoms with Gasteiger partial charge in [0.15, 0.2) is 0 Å². The topological polar surface area (TPSA) is 18.1 Å². The van der Waals surface area contributed by atoms with E-state index in [0.29, 0.717) is 0 Å². The monoisotopic (exact) mass is 639 g/mol. The molecule has 0 fully saturated rings. The number of hydrogen-bond acceptors (Lipinski definition) is 1. The Morgan fingerprint density at radius 2 is 1.10 bits per heavy atom. The molecule has 0 bridgehead atoms. The van der Waals surface area contributed by atoms with Gasteiger partial charge in [-0.15, -0.1) is 0 Å². The van der Waals surface area contributed by atoms with Gasteiger partial charge in [-0.2, -0.15) is 0 Å². The Morgan fingerprint density at radius 1 is 0.440 bits per heavy atom. The molecular weight excluding hydrogens is 607 g/mol. The lowest BCUT2D eigenvalue weighted by atomic mass is 9.85. The first-order valence-electron chi connectivity index (χ1n) is 17.8. The lowest BCUT2D eigenvalue weighted by molar-refractivity contribution is 0.595. The van der Waals surface area contributed by atoms with E-state index in [2.05, 4.69) is 156 Å². The first-order valence-corrected chi connectivity index (χ1v) is 17.8. The van der Waals surface area contributed by atoms with Crippen LogP contribution in [0.4, 0.5) is 0 Å². The molecule has 2 heterocycles. The number of hydrogen-bond donors (Lipinski definition) is 0. The predicted molar refractivity (Wildman–Crippen MR) is 211 cm³/mol. The number of benzene rings is 7. The van der Waals surface area contributed by atoms with E-state index in [9.17, 15) is 0 Å². The number of rotatable bonds is 3. The zero-order valence-electron chi connectivity index (χ0n) is 27.6. The summed E-state index contributed by atoms with van der Waals surface area (Å²) in [5.41, 5.74) is 13.7. The summed E-state index contributed by atoms with van der Waals surface area (Å²) in [5, 5.41) is 9.17. The van der Waals surface area contributed by atoms with Crippen molar-refractivity contribution in [1.29, 1.82) is 0 Å². The second-order valence-corrected chi connectivity index (χ2v) is 13.9. The van der Waals surface area contributed by atoms with Gasteiger partial charge in [0.1, 0.15) is 11.3 Å². The molecule has 0 saturated carbocycles. The third-order valence-corrected chi connectivity index (χ3v) is 11.1. The molecule has 0 saturated heterocycles. The fraction of sp³-hybridized carbons (Fsp3) is 0.0833. The van der Waals surface area contributed by atoms with E-state index in [0.717, 1.165) is 37.0 Å². The molecular formula is C48H33NO. The highest BCUT2D eigenvalue weighted by Crippen LogP contribution is 2.41. The zero-order valence-corrected chi connectivity index (χ0v) is 27.6. The fourth-order valence-electron chi connectivity index (χ4n) is 8.77. The Labute approximate surface area is 290 Å². The maximum Gasteiger partial charge on any atom is 0.135 e. The van der Waals surface area contributed by atoms with Gasteiger partial charge in [-0.1, -0.05) is 97.1 Å². The smallest absolute Gasteiger partial charge is 0.135 e. The Bertz CT molecular complexity index is 2930. The van der Waals surface area contributed by atoms with Crippen LogP contribution < -0.4 is 0 Å². The van der Waals surface area contributed by atoms with Crippen molar-refractivity contribution in [3.05, 3.63) is 162 Å². The van der Waals surface area contributed by atoms with Gasteiger partial charge in [-0.3, -0.25) is 0 Å². The molecule has 0 aliphatic heterocycles. The molecule has 0 spiro atoms. The van der Waals surface area contributed by atoms with E-state index in [1.165, 1.54) is 93.4 Å². The molecule has 2 aliphatic carbocycles. The van der Waals surface area contributed by atoms with E-state index >= 15 is 0 Å². The lowest BCUT2D eigenvalue weighted by Crippen LogP contribution is -1.98. The van der Waals surface area contributed by atoms with Crippen LogP contribution in [0.5, 0.6) is 0 Å². The van der Waals surface area contributed by atoms with Crippen LogP contribution in [0.25, 0.3) is 94.4 Å². The summed E-state index contributed by atoms with van der Waals surface area (Å²) < 4.78 is 8.60. The van der Waals surface area contributed by atoms with Crippen molar-refractivity contribution in [1.82, 2.24) is 4.57 Å². The molecule has 0 radical (unpaired) electrons. The molecule has 9 aromatic rings. The summed E-state index contributed by atoms with van der Waals surface area (Å²) in [6, 6.07) is 47.4. The Balaban J connectivity index is 1.05.